The van der Waals surface area contributed by atoms with E-state index in [1.54, 1.807) is 5.43 Å². The Kier molecular flexibility index (Phi) is 20.6. The van der Waals surface area contributed by atoms with Crippen LogP contribution in [0.3, 0.4) is 0 Å². The van der Waals surface area contributed by atoms with E-state index in [2.05, 4.69) is 17.6 Å². The van der Waals surface area contributed by atoms with Crippen molar-refractivity contribution in [1.82, 2.24) is 16.1 Å². The third-order valence-corrected chi connectivity index (χ3v) is 4.36. The van der Waals surface area contributed by atoms with Gasteiger partial charge in [0.2, 0.25) is 5.91 Å². The van der Waals surface area contributed by atoms with E-state index in [4.69, 9.17) is 11.1 Å². The highest BCUT2D eigenvalue weighted by atomic mass is 35.5. The lowest BCUT2D eigenvalue weighted by Gasteiger charge is -2.12. The summed E-state index contributed by atoms with van der Waals surface area (Å²) in [5, 5.41) is 21.9. The summed E-state index contributed by atoms with van der Waals surface area (Å²) in [7, 11) is 0. The van der Waals surface area contributed by atoms with E-state index < -0.39 is 11.1 Å². The number of nitro groups is 1. The number of carbonyl (C=O) groups excluding carboxylic acids is 1. The molecule has 0 aliphatic heterocycles. The zero-order chi connectivity index (χ0) is 20.3. The quantitative estimate of drug-likeness (QED) is 0.0800. The molecule has 0 spiro atoms. The van der Waals surface area contributed by atoms with E-state index in [9.17, 15) is 14.9 Å². The van der Waals surface area contributed by atoms with E-state index >= 15 is 0 Å². The first-order valence-electron chi connectivity index (χ1n) is 10.2. The minimum Gasteiger partial charge on any atom is -0.355 e. The molecule has 0 heterocycles. The summed E-state index contributed by atoms with van der Waals surface area (Å²) in [4.78, 5) is 22.0. The second kappa shape index (κ2) is 20.1. The highest BCUT2D eigenvalue weighted by Crippen LogP contribution is 2.10. The standard InChI is InChI=1S/C18H38N6O3.ClH/c1-2-3-4-5-6-7-8-9-10-11-14-21-17(25)16(19)13-12-15-22-18(20)23-24(26)27;/h16H,2-15,19H2,1H3,(H,21,25)(H3,20,22,23);1H/t16-;/m1./s1. The molecule has 1 atom stereocenters. The number of guanidine groups is 1. The van der Waals surface area contributed by atoms with Crippen LogP contribution in [0, 0.1) is 15.5 Å². The topological polar surface area (TPSA) is 146 Å². The van der Waals surface area contributed by atoms with Crippen LogP contribution >= 0.6 is 12.4 Å². The lowest BCUT2D eigenvalue weighted by atomic mass is 10.1. The molecule has 0 bridgehead atoms. The van der Waals surface area contributed by atoms with Gasteiger partial charge in [0, 0.05) is 13.1 Å². The van der Waals surface area contributed by atoms with Gasteiger partial charge >= 0.3 is 0 Å². The van der Waals surface area contributed by atoms with Gasteiger partial charge in [-0.05, 0) is 19.3 Å². The van der Waals surface area contributed by atoms with Crippen LogP contribution in [0.25, 0.3) is 0 Å². The molecule has 9 nitrogen and oxygen atoms in total. The van der Waals surface area contributed by atoms with Crippen molar-refractivity contribution >= 4 is 24.3 Å². The molecule has 0 aromatic carbocycles. The van der Waals surface area contributed by atoms with Crippen molar-refractivity contribution in [2.45, 2.75) is 90.0 Å². The van der Waals surface area contributed by atoms with Crippen molar-refractivity contribution in [3.63, 3.8) is 0 Å². The molecule has 0 radical (unpaired) electrons. The Morgan fingerprint density at radius 3 is 2.00 bits per heavy atom. The van der Waals surface area contributed by atoms with Gasteiger partial charge in [-0.3, -0.25) is 10.2 Å². The maximum Gasteiger partial charge on any atom is 0.251 e. The van der Waals surface area contributed by atoms with Gasteiger partial charge in [-0.1, -0.05) is 70.1 Å². The summed E-state index contributed by atoms with van der Waals surface area (Å²) in [5.74, 6) is -0.539. The highest BCUT2D eigenvalue weighted by Gasteiger charge is 2.12. The number of nitrogens with zero attached hydrogens (tertiary/aromatic N) is 1. The molecule has 0 aromatic heterocycles. The fraction of sp³-hybridized carbons (Fsp3) is 0.889. The Morgan fingerprint density at radius 1 is 0.964 bits per heavy atom. The number of rotatable bonds is 17. The van der Waals surface area contributed by atoms with Crippen molar-refractivity contribution in [3.05, 3.63) is 10.1 Å². The minimum atomic E-state index is -0.803. The van der Waals surface area contributed by atoms with E-state index in [1.807, 2.05) is 0 Å². The first-order chi connectivity index (χ1) is 13.0. The molecule has 1 amide bonds. The summed E-state index contributed by atoms with van der Waals surface area (Å²) in [5.41, 5.74) is 7.53. The van der Waals surface area contributed by atoms with Crippen LogP contribution in [-0.4, -0.2) is 36.0 Å². The summed E-state index contributed by atoms with van der Waals surface area (Å²) >= 11 is 0. The number of hydrogen-bond acceptors (Lipinski definition) is 5. The largest absolute Gasteiger partial charge is 0.355 e. The number of hydrazine groups is 1. The third kappa shape index (κ3) is 19.2. The molecular formula is C18H39ClN6O3. The first kappa shape index (κ1) is 28.6. The SMILES string of the molecule is CCCCCCCCCCCCNC(=O)[C@H](N)CCCNC(=N)N[N+](=O)[O-].Cl. The molecule has 10 heteroatoms. The van der Waals surface area contributed by atoms with E-state index in [1.165, 1.54) is 51.4 Å². The fourth-order valence-electron chi connectivity index (χ4n) is 2.75. The van der Waals surface area contributed by atoms with Crippen molar-refractivity contribution in [3.8, 4) is 0 Å². The molecular weight excluding hydrogens is 384 g/mol. The summed E-state index contributed by atoms with van der Waals surface area (Å²) in [6, 6.07) is -0.590. The van der Waals surface area contributed by atoms with Crippen LogP contribution in [0.1, 0.15) is 84.0 Å². The van der Waals surface area contributed by atoms with E-state index in [-0.39, 0.29) is 24.3 Å². The zero-order valence-electron chi connectivity index (χ0n) is 17.1. The van der Waals surface area contributed by atoms with Gasteiger partial charge in [-0.2, -0.15) is 0 Å². The minimum absolute atomic E-state index is 0. The maximum absolute atomic E-state index is 11.9. The van der Waals surface area contributed by atoms with Crippen LogP contribution < -0.4 is 21.8 Å². The summed E-state index contributed by atoms with van der Waals surface area (Å²) in [6.07, 6.45) is 13.6. The van der Waals surface area contributed by atoms with E-state index in [0.717, 1.165) is 12.8 Å². The Labute approximate surface area is 175 Å². The number of nitrogens with one attached hydrogen (secondary N) is 4. The van der Waals surface area contributed by atoms with Gasteiger partial charge in [0.15, 0.2) is 5.03 Å². The van der Waals surface area contributed by atoms with Crippen LogP contribution in [0.4, 0.5) is 0 Å². The van der Waals surface area contributed by atoms with Crippen molar-refractivity contribution in [2.24, 2.45) is 5.73 Å². The normalized spacial score (nSPS) is 11.2. The van der Waals surface area contributed by atoms with Crippen LogP contribution in [0.2, 0.25) is 0 Å². The maximum atomic E-state index is 11.9. The molecule has 6 N–H and O–H groups in total. The molecule has 0 saturated carbocycles. The fourth-order valence-corrected chi connectivity index (χ4v) is 2.75. The zero-order valence-corrected chi connectivity index (χ0v) is 18.0. The highest BCUT2D eigenvalue weighted by molar-refractivity contribution is 5.85. The van der Waals surface area contributed by atoms with Gasteiger partial charge in [-0.25, -0.2) is 10.1 Å². The van der Waals surface area contributed by atoms with Gasteiger partial charge in [-0.15, -0.1) is 12.4 Å². The smallest absolute Gasteiger partial charge is 0.251 e. The van der Waals surface area contributed by atoms with Gasteiger partial charge < -0.3 is 16.4 Å². The number of unbranched alkanes of at least 4 members (excludes halogenated alkanes) is 9. The average molecular weight is 423 g/mol. The molecule has 0 aliphatic carbocycles. The van der Waals surface area contributed by atoms with Gasteiger partial charge in [0.1, 0.15) is 0 Å². The third-order valence-electron chi connectivity index (χ3n) is 4.36. The Hall–Kier alpha value is -1.61. The summed E-state index contributed by atoms with van der Waals surface area (Å²) < 4.78 is 0. The molecule has 0 unspecified atom stereocenters. The molecule has 0 aromatic rings. The number of nitrogens with two attached hydrogens (primary N) is 1. The second-order valence-electron chi connectivity index (χ2n) is 6.89. The van der Waals surface area contributed by atoms with Crippen LogP contribution in [0.15, 0.2) is 0 Å². The van der Waals surface area contributed by atoms with E-state index in [0.29, 0.717) is 25.9 Å². The van der Waals surface area contributed by atoms with Crippen LogP contribution in [-0.2, 0) is 4.79 Å². The van der Waals surface area contributed by atoms with Gasteiger partial charge in [0.05, 0.1) is 6.04 Å². The number of amides is 1. The summed E-state index contributed by atoms with van der Waals surface area (Å²) in [6.45, 7) is 3.23. The van der Waals surface area contributed by atoms with Crippen molar-refractivity contribution in [1.29, 1.82) is 5.41 Å². The Balaban J connectivity index is 0. The number of halogens is 1. The van der Waals surface area contributed by atoms with Crippen molar-refractivity contribution < 1.29 is 9.83 Å². The van der Waals surface area contributed by atoms with Gasteiger partial charge in [0.25, 0.3) is 5.96 Å². The first-order valence-corrected chi connectivity index (χ1v) is 10.2. The monoisotopic (exact) mass is 422 g/mol. The molecule has 28 heavy (non-hydrogen) atoms. The average Bonchev–Trinajstić information content (AvgIpc) is 2.62. The Morgan fingerprint density at radius 2 is 1.46 bits per heavy atom. The van der Waals surface area contributed by atoms with Crippen molar-refractivity contribution in [2.75, 3.05) is 13.1 Å². The lowest BCUT2D eigenvalue weighted by molar-refractivity contribution is -0.525. The molecule has 0 rings (SSSR count). The second-order valence-corrected chi connectivity index (χ2v) is 6.89. The molecule has 0 aliphatic rings. The molecule has 0 fully saturated rings. The predicted octanol–water partition coefficient (Wildman–Crippen LogP) is 2.86. The Bertz CT molecular complexity index is 426. The van der Waals surface area contributed by atoms with Crippen LogP contribution in [0.5, 0.6) is 0 Å². The molecule has 0 saturated heterocycles. The number of carbonyl (C=O) groups is 1. The molecule has 166 valence electrons. The number of hydrogen-bond donors (Lipinski definition) is 5. The predicted molar refractivity (Wildman–Crippen MR) is 115 cm³/mol. The lowest BCUT2D eigenvalue weighted by Crippen LogP contribution is -2.42.